The quantitative estimate of drug-likeness (QED) is 0.762. The first-order valence-electron chi connectivity index (χ1n) is 6.78. The number of amides is 1. The Morgan fingerprint density at radius 1 is 1.17 bits per heavy atom. The summed E-state index contributed by atoms with van der Waals surface area (Å²) in [7, 11) is -4.02. The minimum absolute atomic E-state index is 0.0230. The van der Waals surface area contributed by atoms with Crippen LogP contribution in [-0.2, 0) is 14.8 Å². The van der Waals surface area contributed by atoms with Gasteiger partial charge in [-0.1, -0.05) is 23.7 Å². The van der Waals surface area contributed by atoms with Crippen molar-refractivity contribution >= 4 is 27.5 Å². The minimum Gasteiger partial charge on any atom is -0.481 e. The van der Waals surface area contributed by atoms with E-state index in [0.29, 0.717) is 0 Å². The van der Waals surface area contributed by atoms with Crippen LogP contribution in [0.15, 0.2) is 53.4 Å². The molecule has 128 valence electrons. The van der Waals surface area contributed by atoms with E-state index in [0.717, 1.165) is 0 Å². The third-order valence-electron chi connectivity index (χ3n) is 2.93. The SMILES string of the molecule is C[C@H](Oc1ccc(F)cc1)C(=O)NNS(=O)(=O)c1ccccc1Cl. The van der Waals surface area contributed by atoms with Crippen molar-refractivity contribution in [3.63, 3.8) is 0 Å². The number of rotatable bonds is 6. The first-order chi connectivity index (χ1) is 11.3. The van der Waals surface area contributed by atoms with Crippen molar-refractivity contribution in [2.24, 2.45) is 0 Å². The molecular formula is C15H14ClFN2O4S. The van der Waals surface area contributed by atoms with Crippen LogP contribution in [0, 0.1) is 5.82 Å². The number of carbonyl (C=O) groups is 1. The zero-order chi connectivity index (χ0) is 17.7. The molecule has 0 aromatic heterocycles. The molecule has 24 heavy (non-hydrogen) atoms. The van der Waals surface area contributed by atoms with Gasteiger partial charge in [-0.3, -0.25) is 10.2 Å². The molecule has 2 N–H and O–H groups in total. The summed E-state index contributed by atoms with van der Waals surface area (Å²) in [5, 5.41) is 0.0230. The van der Waals surface area contributed by atoms with Gasteiger partial charge in [0.25, 0.3) is 15.9 Å². The Kier molecular flexibility index (Phi) is 5.76. The topological polar surface area (TPSA) is 84.5 Å². The Labute approximate surface area is 143 Å². The van der Waals surface area contributed by atoms with Gasteiger partial charge in [-0.05, 0) is 43.3 Å². The highest BCUT2D eigenvalue weighted by Crippen LogP contribution is 2.19. The van der Waals surface area contributed by atoms with Gasteiger partial charge in [0.15, 0.2) is 6.10 Å². The number of hydrazine groups is 1. The van der Waals surface area contributed by atoms with Crippen molar-refractivity contribution in [2.45, 2.75) is 17.9 Å². The molecule has 2 aromatic rings. The molecule has 0 heterocycles. The van der Waals surface area contributed by atoms with Gasteiger partial charge in [0.05, 0.1) is 5.02 Å². The van der Waals surface area contributed by atoms with Gasteiger partial charge in [0.2, 0.25) is 0 Å². The van der Waals surface area contributed by atoms with Crippen LogP contribution in [0.3, 0.4) is 0 Å². The number of halogens is 2. The van der Waals surface area contributed by atoms with E-state index in [2.05, 4.69) is 0 Å². The molecule has 2 aromatic carbocycles. The molecule has 0 aliphatic carbocycles. The predicted octanol–water partition coefficient (Wildman–Crippen LogP) is 2.26. The monoisotopic (exact) mass is 372 g/mol. The van der Waals surface area contributed by atoms with E-state index in [-0.39, 0.29) is 15.7 Å². The average Bonchev–Trinajstić information content (AvgIpc) is 2.55. The Morgan fingerprint density at radius 3 is 2.42 bits per heavy atom. The van der Waals surface area contributed by atoms with Crippen LogP contribution in [0.4, 0.5) is 4.39 Å². The molecule has 0 unspecified atom stereocenters. The summed E-state index contributed by atoms with van der Waals surface area (Å²) in [5.41, 5.74) is 2.05. The molecule has 0 aliphatic rings. The van der Waals surface area contributed by atoms with Crippen LogP contribution in [0.25, 0.3) is 0 Å². The maximum Gasteiger partial charge on any atom is 0.275 e. The zero-order valence-electron chi connectivity index (χ0n) is 12.5. The molecule has 9 heteroatoms. The summed E-state index contributed by atoms with van der Waals surface area (Å²) in [6.45, 7) is 1.42. The number of hydrogen-bond acceptors (Lipinski definition) is 4. The van der Waals surface area contributed by atoms with E-state index >= 15 is 0 Å². The molecule has 0 radical (unpaired) electrons. The summed E-state index contributed by atoms with van der Waals surface area (Å²) >= 11 is 5.82. The highest BCUT2D eigenvalue weighted by molar-refractivity contribution is 7.89. The summed E-state index contributed by atoms with van der Waals surface area (Å²) in [6, 6.07) is 10.9. The summed E-state index contributed by atoms with van der Waals surface area (Å²) in [4.78, 5) is 13.7. The van der Waals surface area contributed by atoms with Gasteiger partial charge in [-0.2, -0.15) is 0 Å². The highest BCUT2D eigenvalue weighted by atomic mass is 35.5. The zero-order valence-corrected chi connectivity index (χ0v) is 14.1. The number of benzene rings is 2. The molecule has 0 spiro atoms. The van der Waals surface area contributed by atoms with E-state index in [4.69, 9.17) is 16.3 Å². The van der Waals surface area contributed by atoms with E-state index in [1.807, 2.05) is 10.3 Å². The number of sulfonamides is 1. The van der Waals surface area contributed by atoms with E-state index in [9.17, 15) is 17.6 Å². The Morgan fingerprint density at radius 2 is 1.79 bits per heavy atom. The third-order valence-corrected chi connectivity index (χ3v) is 4.68. The third kappa shape index (κ3) is 4.67. The summed E-state index contributed by atoms with van der Waals surface area (Å²) in [5.74, 6) is -0.894. The molecule has 0 fully saturated rings. The second-order valence-electron chi connectivity index (χ2n) is 4.74. The number of hydrogen-bond donors (Lipinski definition) is 2. The lowest BCUT2D eigenvalue weighted by Crippen LogP contribution is -2.47. The van der Waals surface area contributed by atoms with Gasteiger partial charge < -0.3 is 4.74 Å². The molecular weight excluding hydrogens is 359 g/mol. The van der Waals surface area contributed by atoms with Gasteiger partial charge in [-0.25, -0.2) is 12.8 Å². The lowest BCUT2D eigenvalue weighted by molar-refractivity contribution is -0.127. The second-order valence-corrected chi connectivity index (χ2v) is 6.80. The predicted molar refractivity (Wildman–Crippen MR) is 86.4 cm³/mol. The van der Waals surface area contributed by atoms with Crippen LogP contribution in [0.5, 0.6) is 5.75 Å². The number of carbonyl (C=O) groups excluding carboxylic acids is 1. The molecule has 6 nitrogen and oxygen atoms in total. The highest BCUT2D eigenvalue weighted by Gasteiger charge is 2.21. The molecule has 0 bridgehead atoms. The van der Waals surface area contributed by atoms with E-state index in [1.165, 1.54) is 49.4 Å². The maximum absolute atomic E-state index is 12.8. The smallest absolute Gasteiger partial charge is 0.275 e. The van der Waals surface area contributed by atoms with Crippen molar-refractivity contribution in [1.29, 1.82) is 0 Å². The van der Waals surface area contributed by atoms with Crippen molar-refractivity contribution < 1.29 is 22.3 Å². The number of ether oxygens (including phenoxy) is 1. The van der Waals surface area contributed by atoms with Gasteiger partial charge >= 0.3 is 0 Å². The normalized spacial score (nSPS) is 12.5. The van der Waals surface area contributed by atoms with Crippen LogP contribution in [-0.4, -0.2) is 20.4 Å². The molecule has 1 amide bonds. The van der Waals surface area contributed by atoms with Crippen molar-refractivity contribution in [3.8, 4) is 5.75 Å². The van der Waals surface area contributed by atoms with E-state index in [1.54, 1.807) is 6.07 Å². The van der Waals surface area contributed by atoms with Crippen LogP contribution < -0.4 is 15.0 Å². The maximum atomic E-state index is 12.8. The minimum atomic E-state index is -4.02. The van der Waals surface area contributed by atoms with Crippen LogP contribution in [0.2, 0.25) is 5.02 Å². The summed E-state index contributed by atoms with van der Waals surface area (Å²) in [6.07, 6.45) is -1.01. The lowest BCUT2D eigenvalue weighted by Gasteiger charge is -2.15. The molecule has 0 saturated heterocycles. The average molecular weight is 373 g/mol. The fraction of sp³-hybridized carbons (Fsp3) is 0.133. The first-order valence-corrected chi connectivity index (χ1v) is 8.64. The standard InChI is InChI=1S/C15H14ClFN2O4S/c1-10(23-12-8-6-11(17)7-9-12)15(20)18-19-24(21,22)14-5-3-2-4-13(14)16/h2-10,19H,1H3,(H,18,20)/t10-/m0/s1. The van der Waals surface area contributed by atoms with Crippen LogP contribution in [0.1, 0.15) is 6.92 Å². The molecule has 0 saturated carbocycles. The van der Waals surface area contributed by atoms with Crippen LogP contribution >= 0.6 is 11.6 Å². The van der Waals surface area contributed by atoms with Crippen molar-refractivity contribution in [1.82, 2.24) is 10.3 Å². The number of nitrogens with one attached hydrogen (secondary N) is 2. The summed E-state index contributed by atoms with van der Waals surface area (Å²) < 4.78 is 42.3. The fourth-order valence-electron chi connectivity index (χ4n) is 1.71. The fourth-order valence-corrected chi connectivity index (χ4v) is 3.08. The Bertz CT molecular complexity index is 828. The first kappa shape index (κ1) is 18.2. The molecule has 2 rings (SSSR count). The van der Waals surface area contributed by atoms with Gasteiger partial charge in [0.1, 0.15) is 16.5 Å². The van der Waals surface area contributed by atoms with Crippen molar-refractivity contribution in [2.75, 3.05) is 0 Å². The Hall–Kier alpha value is -2.16. The molecule has 1 atom stereocenters. The van der Waals surface area contributed by atoms with Gasteiger partial charge in [-0.15, -0.1) is 4.83 Å². The Balaban J connectivity index is 1.97. The second kappa shape index (κ2) is 7.61. The largest absolute Gasteiger partial charge is 0.481 e. The van der Waals surface area contributed by atoms with Crippen molar-refractivity contribution in [3.05, 3.63) is 59.4 Å². The molecule has 0 aliphatic heterocycles. The lowest BCUT2D eigenvalue weighted by atomic mass is 10.3. The van der Waals surface area contributed by atoms with E-state index < -0.39 is 27.9 Å². The van der Waals surface area contributed by atoms with Gasteiger partial charge in [0, 0.05) is 0 Å².